The molecule has 5 heteroatoms. The molecule has 1 heterocycles. The van der Waals surface area contributed by atoms with E-state index in [4.69, 9.17) is 10.5 Å². The molecule has 1 aromatic heterocycles. The summed E-state index contributed by atoms with van der Waals surface area (Å²) in [7, 11) is 1.68. The molecule has 1 aromatic carbocycles. The zero-order valence-electron chi connectivity index (χ0n) is 11.0. The van der Waals surface area contributed by atoms with Crippen molar-refractivity contribution in [3.8, 4) is 0 Å². The molecular formula is C14H19N3O2. The number of carbonyl (C=O) groups is 1. The number of benzene rings is 1. The second-order valence-corrected chi connectivity index (χ2v) is 4.49. The van der Waals surface area contributed by atoms with Gasteiger partial charge in [0.2, 0.25) is 0 Å². The number of nitrogens with two attached hydrogens (primary N) is 1. The van der Waals surface area contributed by atoms with Crippen LogP contribution < -0.4 is 11.1 Å². The number of amides is 1. The number of rotatable bonds is 6. The third-order valence-electron chi connectivity index (χ3n) is 2.95. The summed E-state index contributed by atoms with van der Waals surface area (Å²) in [6, 6.07) is 7.35. The highest BCUT2D eigenvalue weighted by Crippen LogP contribution is 2.18. The number of anilines is 1. The van der Waals surface area contributed by atoms with Crippen molar-refractivity contribution in [2.24, 2.45) is 0 Å². The number of H-pyrrole nitrogens is 1. The molecule has 0 saturated carbocycles. The lowest BCUT2D eigenvalue weighted by molar-refractivity contribution is 0.0947. The van der Waals surface area contributed by atoms with Crippen LogP contribution in [0.2, 0.25) is 0 Å². The first kappa shape index (κ1) is 13.4. The lowest BCUT2D eigenvalue weighted by Gasteiger charge is -2.03. The molecule has 4 N–H and O–H groups in total. The average Bonchev–Trinajstić information content (AvgIpc) is 2.81. The Balaban J connectivity index is 1.94. The van der Waals surface area contributed by atoms with Crippen molar-refractivity contribution in [1.29, 1.82) is 0 Å². The van der Waals surface area contributed by atoms with Gasteiger partial charge in [-0.1, -0.05) is 0 Å². The van der Waals surface area contributed by atoms with Crippen LogP contribution in [-0.2, 0) is 4.74 Å². The Morgan fingerprint density at radius 2 is 2.21 bits per heavy atom. The van der Waals surface area contributed by atoms with E-state index in [1.807, 2.05) is 24.3 Å². The zero-order chi connectivity index (χ0) is 13.7. The van der Waals surface area contributed by atoms with Crippen molar-refractivity contribution < 1.29 is 9.53 Å². The van der Waals surface area contributed by atoms with Gasteiger partial charge >= 0.3 is 0 Å². The average molecular weight is 261 g/mol. The smallest absolute Gasteiger partial charge is 0.267 e. The van der Waals surface area contributed by atoms with Crippen molar-refractivity contribution in [3.05, 3.63) is 30.0 Å². The van der Waals surface area contributed by atoms with Crippen molar-refractivity contribution >= 4 is 22.5 Å². The molecule has 0 aliphatic heterocycles. The van der Waals surface area contributed by atoms with Crippen molar-refractivity contribution in [2.45, 2.75) is 12.8 Å². The monoisotopic (exact) mass is 261 g/mol. The quantitative estimate of drug-likeness (QED) is 0.549. The van der Waals surface area contributed by atoms with Crippen LogP contribution in [0.25, 0.3) is 10.9 Å². The van der Waals surface area contributed by atoms with E-state index in [-0.39, 0.29) is 5.91 Å². The van der Waals surface area contributed by atoms with Gasteiger partial charge in [-0.15, -0.1) is 0 Å². The standard InChI is InChI=1S/C14H19N3O2/c1-19-7-3-2-6-16-14(18)13-9-10-8-11(15)4-5-12(10)17-13/h4-5,8-9,17H,2-3,6-7,15H2,1H3,(H,16,18). The fourth-order valence-corrected chi connectivity index (χ4v) is 1.94. The van der Waals surface area contributed by atoms with E-state index >= 15 is 0 Å². The third-order valence-corrected chi connectivity index (χ3v) is 2.95. The predicted molar refractivity (Wildman–Crippen MR) is 76.2 cm³/mol. The topological polar surface area (TPSA) is 80.1 Å². The van der Waals surface area contributed by atoms with Crippen LogP contribution in [0, 0.1) is 0 Å². The van der Waals surface area contributed by atoms with E-state index in [1.54, 1.807) is 7.11 Å². The number of hydrogen-bond acceptors (Lipinski definition) is 3. The van der Waals surface area contributed by atoms with Gasteiger partial charge in [0.1, 0.15) is 5.69 Å². The summed E-state index contributed by atoms with van der Waals surface area (Å²) < 4.78 is 4.95. The van der Waals surface area contributed by atoms with Crippen LogP contribution in [0.4, 0.5) is 5.69 Å². The Labute approximate surface area is 112 Å². The summed E-state index contributed by atoms with van der Waals surface area (Å²) in [5, 5.41) is 3.83. The van der Waals surface area contributed by atoms with Gasteiger partial charge < -0.3 is 20.8 Å². The molecule has 0 unspecified atom stereocenters. The lowest BCUT2D eigenvalue weighted by Crippen LogP contribution is -2.24. The van der Waals surface area contributed by atoms with E-state index in [2.05, 4.69) is 10.3 Å². The van der Waals surface area contributed by atoms with Crippen LogP contribution in [0.15, 0.2) is 24.3 Å². The summed E-state index contributed by atoms with van der Waals surface area (Å²) in [6.07, 6.45) is 1.85. The van der Waals surface area contributed by atoms with Gasteiger partial charge in [-0.05, 0) is 37.1 Å². The first-order valence-corrected chi connectivity index (χ1v) is 6.36. The third kappa shape index (κ3) is 3.48. The summed E-state index contributed by atoms with van der Waals surface area (Å²) in [4.78, 5) is 15.0. The molecule has 1 amide bonds. The van der Waals surface area contributed by atoms with Crippen molar-refractivity contribution in [1.82, 2.24) is 10.3 Å². The number of fused-ring (bicyclic) bond motifs is 1. The van der Waals surface area contributed by atoms with E-state index in [1.165, 1.54) is 0 Å². The molecule has 0 atom stereocenters. The lowest BCUT2D eigenvalue weighted by atomic mass is 10.2. The number of nitrogens with one attached hydrogen (secondary N) is 2. The Kier molecular flexibility index (Phi) is 4.41. The molecule has 2 aromatic rings. The first-order chi connectivity index (χ1) is 9.20. The molecule has 0 fully saturated rings. The summed E-state index contributed by atoms with van der Waals surface area (Å²) in [5.41, 5.74) is 7.88. The van der Waals surface area contributed by atoms with Crippen LogP contribution in [0.1, 0.15) is 23.3 Å². The molecule has 5 nitrogen and oxygen atoms in total. The Hall–Kier alpha value is -2.01. The molecule has 0 aliphatic rings. The molecule has 102 valence electrons. The molecule has 2 rings (SSSR count). The van der Waals surface area contributed by atoms with E-state index < -0.39 is 0 Å². The van der Waals surface area contributed by atoms with Gasteiger partial charge in [-0.3, -0.25) is 4.79 Å². The maximum absolute atomic E-state index is 11.9. The number of carbonyl (C=O) groups excluding carboxylic acids is 1. The minimum absolute atomic E-state index is 0.0906. The largest absolute Gasteiger partial charge is 0.399 e. The molecule has 19 heavy (non-hydrogen) atoms. The number of ether oxygens (including phenoxy) is 1. The summed E-state index contributed by atoms with van der Waals surface area (Å²) >= 11 is 0. The van der Waals surface area contributed by atoms with Crippen LogP contribution in [0.5, 0.6) is 0 Å². The molecule has 0 aliphatic carbocycles. The second kappa shape index (κ2) is 6.24. The van der Waals surface area contributed by atoms with Gasteiger partial charge in [-0.25, -0.2) is 0 Å². The SMILES string of the molecule is COCCCCNC(=O)c1cc2cc(N)ccc2[nH]1. The van der Waals surface area contributed by atoms with Gasteiger partial charge in [-0.2, -0.15) is 0 Å². The summed E-state index contributed by atoms with van der Waals surface area (Å²) in [5.74, 6) is -0.0906. The number of unbranched alkanes of at least 4 members (excludes halogenated alkanes) is 1. The van der Waals surface area contributed by atoms with Crippen LogP contribution in [-0.4, -0.2) is 31.2 Å². The molecule has 0 saturated heterocycles. The van der Waals surface area contributed by atoms with E-state index in [0.29, 0.717) is 17.9 Å². The Morgan fingerprint density at radius 1 is 1.37 bits per heavy atom. The van der Waals surface area contributed by atoms with Crippen LogP contribution >= 0.6 is 0 Å². The molecule has 0 spiro atoms. The molecule has 0 bridgehead atoms. The van der Waals surface area contributed by atoms with E-state index in [0.717, 1.165) is 30.4 Å². The normalized spacial score (nSPS) is 10.8. The Bertz CT molecular complexity index is 563. The van der Waals surface area contributed by atoms with Crippen molar-refractivity contribution in [3.63, 3.8) is 0 Å². The number of nitrogen functional groups attached to an aromatic ring is 1. The zero-order valence-corrected chi connectivity index (χ0v) is 11.0. The fourth-order valence-electron chi connectivity index (χ4n) is 1.94. The Morgan fingerprint density at radius 3 is 3.00 bits per heavy atom. The van der Waals surface area contributed by atoms with E-state index in [9.17, 15) is 4.79 Å². The second-order valence-electron chi connectivity index (χ2n) is 4.49. The number of aromatic nitrogens is 1. The van der Waals surface area contributed by atoms with Gasteiger partial charge in [0.25, 0.3) is 5.91 Å². The highest BCUT2D eigenvalue weighted by atomic mass is 16.5. The van der Waals surface area contributed by atoms with Gasteiger partial charge in [0, 0.05) is 36.9 Å². The van der Waals surface area contributed by atoms with Crippen LogP contribution in [0.3, 0.4) is 0 Å². The minimum Gasteiger partial charge on any atom is -0.399 e. The van der Waals surface area contributed by atoms with Crippen molar-refractivity contribution in [2.75, 3.05) is 26.0 Å². The highest BCUT2D eigenvalue weighted by molar-refractivity contribution is 5.98. The number of methoxy groups -OCH3 is 1. The first-order valence-electron chi connectivity index (χ1n) is 6.36. The van der Waals surface area contributed by atoms with Gasteiger partial charge in [0.15, 0.2) is 0 Å². The highest BCUT2D eigenvalue weighted by Gasteiger charge is 2.08. The minimum atomic E-state index is -0.0906. The number of hydrogen-bond donors (Lipinski definition) is 3. The molecule has 0 radical (unpaired) electrons. The molecular weight excluding hydrogens is 242 g/mol. The maximum atomic E-state index is 11.9. The number of aromatic amines is 1. The predicted octanol–water partition coefficient (Wildman–Crippen LogP) is 1.91. The fraction of sp³-hybridized carbons (Fsp3) is 0.357. The summed E-state index contributed by atoms with van der Waals surface area (Å²) in [6.45, 7) is 1.38. The maximum Gasteiger partial charge on any atom is 0.267 e. The van der Waals surface area contributed by atoms with Gasteiger partial charge in [0.05, 0.1) is 0 Å².